The maximum absolute atomic E-state index is 14.3. The highest BCUT2D eigenvalue weighted by molar-refractivity contribution is 6.00. The molecule has 0 aliphatic carbocycles. The molecule has 0 aliphatic heterocycles. The van der Waals surface area contributed by atoms with Crippen LogP contribution in [0.2, 0.25) is 0 Å². The fraction of sp³-hybridized carbons (Fsp3) is 0.367. The fourth-order valence-corrected chi connectivity index (χ4v) is 6.40. The molecular formula is C49H55F6N7O10. The normalized spacial score (nSPS) is 12.7. The first-order chi connectivity index (χ1) is 33.9. The second-order valence-corrected chi connectivity index (χ2v) is 17.0. The lowest BCUT2D eigenvalue weighted by Gasteiger charge is -2.28. The van der Waals surface area contributed by atoms with Crippen molar-refractivity contribution in [2.24, 2.45) is 0 Å². The number of rotatable bonds is 21. The minimum Gasteiger partial charge on any atom is -0.445 e. The van der Waals surface area contributed by atoms with Gasteiger partial charge in [-0.15, -0.1) is 0 Å². The van der Waals surface area contributed by atoms with Gasteiger partial charge in [0.15, 0.2) is 0 Å². The third-order valence-corrected chi connectivity index (χ3v) is 10.0. The van der Waals surface area contributed by atoms with E-state index in [2.05, 4.69) is 31.9 Å². The van der Waals surface area contributed by atoms with E-state index in [0.717, 1.165) is 35.2 Å². The van der Waals surface area contributed by atoms with E-state index in [4.69, 9.17) is 14.2 Å². The number of anilines is 1. The third kappa shape index (κ3) is 20.2. The van der Waals surface area contributed by atoms with E-state index in [0.29, 0.717) is 29.3 Å². The highest BCUT2D eigenvalue weighted by atomic mass is 19.4. The monoisotopic (exact) mass is 1020 g/mol. The fourth-order valence-electron chi connectivity index (χ4n) is 6.40. The molecule has 0 spiro atoms. The van der Waals surface area contributed by atoms with Gasteiger partial charge in [-0.3, -0.25) is 19.2 Å². The summed E-state index contributed by atoms with van der Waals surface area (Å²) in [6.07, 6.45) is -13.7. The van der Waals surface area contributed by atoms with Crippen LogP contribution in [0.25, 0.3) is 0 Å². The van der Waals surface area contributed by atoms with Gasteiger partial charge < -0.3 is 51.0 Å². The van der Waals surface area contributed by atoms with Crippen LogP contribution in [0.3, 0.4) is 0 Å². The number of ether oxygens (including phenoxy) is 3. The topological polar surface area (TPSA) is 223 Å². The SMILES string of the molecule is C[C@@H](NC(=O)OC(C)(C)C)C(=O)N[C@@H](CC(=O)N(CCNC(=O)OCc1ccccc1)CCNC(=O)OCc1ccccc1)C(=O)N[C@@H](Cc1ccc(C(F)(F)F)cc1)C(=O)Nc1cccc(C(F)(F)F)c1. The van der Waals surface area contributed by atoms with E-state index in [1.165, 1.54) is 6.92 Å². The predicted molar refractivity (Wildman–Crippen MR) is 248 cm³/mol. The molecule has 0 radical (unpaired) electrons. The number of nitrogens with zero attached hydrogens (tertiary/aromatic N) is 1. The summed E-state index contributed by atoms with van der Waals surface area (Å²) >= 11 is 0. The Morgan fingerprint density at radius 3 is 1.57 bits per heavy atom. The number of hydrogen-bond acceptors (Lipinski definition) is 10. The number of halogens is 6. The van der Waals surface area contributed by atoms with E-state index in [1.54, 1.807) is 81.4 Å². The van der Waals surface area contributed by atoms with Crippen LogP contribution in [-0.2, 0) is 65.4 Å². The van der Waals surface area contributed by atoms with Crippen LogP contribution >= 0.6 is 0 Å². The molecule has 4 aromatic rings. The van der Waals surface area contributed by atoms with Gasteiger partial charge in [0, 0.05) is 38.3 Å². The lowest BCUT2D eigenvalue weighted by atomic mass is 10.0. The predicted octanol–water partition coefficient (Wildman–Crippen LogP) is 6.86. The first kappa shape index (κ1) is 56.7. The van der Waals surface area contributed by atoms with Crippen LogP contribution in [0.1, 0.15) is 61.9 Å². The van der Waals surface area contributed by atoms with Crippen molar-refractivity contribution in [3.63, 3.8) is 0 Å². The highest BCUT2D eigenvalue weighted by Crippen LogP contribution is 2.31. The van der Waals surface area contributed by atoms with Crippen LogP contribution in [0.15, 0.2) is 109 Å². The Hall–Kier alpha value is -7.85. The number of carbonyl (C=O) groups is 7. The molecule has 23 heteroatoms. The van der Waals surface area contributed by atoms with Gasteiger partial charge in [-0.05, 0) is 74.7 Å². The molecule has 0 aromatic heterocycles. The standard InChI is InChI=1S/C49H55F6N7O10/c1-31(58-46(69)72-47(2,3)4)41(64)60-39(43(66)61-38(26-32-18-20-35(21-19-32)48(50,51)52)42(65)59-37-17-11-16-36(27-37)49(53,54)55)28-40(63)62(24-22-56-44(67)70-29-33-12-7-5-8-13-33)25-23-57-45(68)71-30-34-14-9-6-10-15-34/h5-21,27,31,38-39H,22-26,28-30H2,1-4H3,(H,56,67)(H,57,68)(H,58,69)(H,59,65)(H,60,64)(H,61,66)/t31-,38+,39+/m1/s1. The van der Waals surface area contributed by atoms with E-state index in [9.17, 15) is 59.9 Å². The zero-order valence-corrected chi connectivity index (χ0v) is 39.6. The van der Waals surface area contributed by atoms with E-state index >= 15 is 0 Å². The second kappa shape index (κ2) is 26.4. The third-order valence-electron chi connectivity index (χ3n) is 10.0. The quantitative estimate of drug-likeness (QED) is 0.0376. The molecule has 0 fully saturated rings. The van der Waals surface area contributed by atoms with Crippen molar-refractivity contribution in [3.8, 4) is 0 Å². The molecular weight excluding hydrogens is 961 g/mol. The maximum Gasteiger partial charge on any atom is 0.416 e. The van der Waals surface area contributed by atoms with E-state index < -0.39 is 102 Å². The summed E-state index contributed by atoms with van der Waals surface area (Å²) in [7, 11) is 0. The minimum absolute atomic E-state index is 0.0510. The Balaban J connectivity index is 1.62. The smallest absolute Gasteiger partial charge is 0.416 e. The van der Waals surface area contributed by atoms with E-state index in [1.807, 2.05) is 0 Å². The van der Waals surface area contributed by atoms with Crippen LogP contribution in [0.4, 0.5) is 46.4 Å². The van der Waals surface area contributed by atoms with Gasteiger partial charge in [-0.1, -0.05) is 78.9 Å². The minimum atomic E-state index is -4.82. The van der Waals surface area contributed by atoms with Crippen molar-refractivity contribution in [1.29, 1.82) is 0 Å². The molecule has 3 atom stereocenters. The molecule has 0 bridgehead atoms. The van der Waals surface area contributed by atoms with Crippen LogP contribution in [0, 0.1) is 0 Å². The van der Waals surface area contributed by atoms with Gasteiger partial charge in [-0.25, -0.2) is 14.4 Å². The van der Waals surface area contributed by atoms with E-state index in [-0.39, 0.29) is 50.6 Å². The maximum atomic E-state index is 14.3. The molecule has 388 valence electrons. The summed E-state index contributed by atoms with van der Waals surface area (Å²) in [4.78, 5) is 95.0. The molecule has 4 rings (SSSR count). The average molecular weight is 1020 g/mol. The Kier molecular flexibility index (Phi) is 20.8. The molecule has 0 heterocycles. The zero-order valence-electron chi connectivity index (χ0n) is 39.6. The first-order valence-electron chi connectivity index (χ1n) is 22.3. The van der Waals surface area contributed by atoms with Crippen molar-refractivity contribution in [2.45, 2.75) is 89.8 Å². The number of amides is 7. The number of alkyl carbamates (subject to hydrolysis) is 3. The largest absolute Gasteiger partial charge is 0.445 e. The summed E-state index contributed by atoms with van der Waals surface area (Å²) in [5.74, 6) is -4.30. The van der Waals surface area contributed by atoms with Crippen LogP contribution in [0.5, 0.6) is 0 Å². The molecule has 0 saturated carbocycles. The van der Waals surface area contributed by atoms with Gasteiger partial charge in [-0.2, -0.15) is 26.3 Å². The van der Waals surface area contributed by atoms with Crippen molar-refractivity contribution >= 4 is 47.6 Å². The molecule has 0 saturated heterocycles. The lowest BCUT2D eigenvalue weighted by Crippen LogP contribution is -2.57. The molecule has 72 heavy (non-hydrogen) atoms. The van der Waals surface area contributed by atoms with Crippen molar-refractivity contribution in [3.05, 3.63) is 137 Å². The van der Waals surface area contributed by atoms with Crippen LogP contribution in [-0.4, -0.2) is 96.7 Å². The molecule has 0 unspecified atom stereocenters. The summed E-state index contributed by atoms with van der Waals surface area (Å²) in [6.45, 7) is 4.74. The Morgan fingerprint density at radius 2 is 1.07 bits per heavy atom. The van der Waals surface area contributed by atoms with Crippen LogP contribution < -0.4 is 31.9 Å². The van der Waals surface area contributed by atoms with Gasteiger partial charge in [0.1, 0.15) is 36.9 Å². The molecule has 0 aliphatic rings. The number of alkyl halides is 6. The first-order valence-corrected chi connectivity index (χ1v) is 22.3. The van der Waals surface area contributed by atoms with Gasteiger partial charge in [0.05, 0.1) is 17.5 Å². The van der Waals surface area contributed by atoms with Gasteiger partial charge >= 0.3 is 30.6 Å². The summed E-state index contributed by atoms with van der Waals surface area (Å²) in [5, 5.41) is 14.3. The number of carbonyl (C=O) groups excluding carboxylic acids is 7. The Bertz CT molecular complexity index is 2400. The average Bonchev–Trinajstić information content (AvgIpc) is 3.31. The number of nitrogens with one attached hydrogen (secondary N) is 6. The highest BCUT2D eigenvalue weighted by Gasteiger charge is 2.34. The number of benzene rings is 4. The molecule has 6 N–H and O–H groups in total. The Morgan fingerprint density at radius 1 is 0.556 bits per heavy atom. The number of hydrogen-bond donors (Lipinski definition) is 6. The van der Waals surface area contributed by atoms with Crippen molar-refractivity contribution < 1.29 is 74.1 Å². The second-order valence-electron chi connectivity index (χ2n) is 17.0. The van der Waals surface area contributed by atoms with Crippen molar-refractivity contribution in [2.75, 3.05) is 31.5 Å². The summed E-state index contributed by atoms with van der Waals surface area (Å²) in [6, 6.07) is 19.3. The molecule has 4 aromatic carbocycles. The van der Waals surface area contributed by atoms with Gasteiger partial charge in [0.2, 0.25) is 23.6 Å². The molecule has 7 amide bonds. The van der Waals surface area contributed by atoms with Gasteiger partial charge in [0.25, 0.3) is 0 Å². The lowest BCUT2D eigenvalue weighted by molar-refractivity contribution is -0.138. The zero-order chi connectivity index (χ0) is 53.1. The summed E-state index contributed by atoms with van der Waals surface area (Å²) < 4.78 is 96.8. The summed E-state index contributed by atoms with van der Waals surface area (Å²) in [5.41, 5.74) is -2.11. The van der Waals surface area contributed by atoms with Crippen molar-refractivity contribution in [1.82, 2.24) is 31.5 Å². The Labute approximate surface area is 410 Å². The molecule has 17 nitrogen and oxygen atoms in total.